The Bertz CT molecular complexity index is 964. The number of benzene rings is 3. The summed E-state index contributed by atoms with van der Waals surface area (Å²) in [4.78, 5) is 15.1. The molecule has 3 aromatic carbocycles. The maximum atomic E-state index is 14.7. The lowest BCUT2D eigenvalue weighted by Gasteiger charge is -2.38. The highest BCUT2D eigenvalue weighted by atomic mass is 19.1. The first kappa shape index (κ1) is 17.5. The van der Waals surface area contributed by atoms with Crippen molar-refractivity contribution >= 4 is 5.91 Å². The number of hydrogen-bond donors (Lipinski definition) is 0. The molecule has 0 N–H and O–H groups in total. The Balaban J connectivity index is 1.78. The maximum absolute atomic E-state index is 14.7. The lowest BCUT2D eigenvalue weighted by atomic mass is 9.87. The van der Waals surface area contributed by atoms with E-state index in [2.05, 4.69) is 13.0 Å². The number of rotatable bonds is 3. The first-order chi connectivity index (χ1) is 13.2. The number of halogens is 1. The van der Waals surface area contributed by atoms with Crippen molar-refractivity contribution in [2.45, 2.75) is 25.8 Å². The van der Waals surface area contributed by atoms with Crippen LogP contribution in [0.25, 0.3) is 0 Å². The van der Waals surface area contributed by atoms with Crippen LogP contribution in [0.15, 0.2) is 72.8 Å². The summed E-state index contributed by atoms with van der Waals surface area (Å²) >= 11 is 0. The zero-order valence-corrected chi connectivity index (χ0v) is 15.4. The van der Waals surface area contributed by atoms with Crippen LogP contribution < -0.4 is 0 Å². The standard InChI is InChI=1S/C24H22FNO/c1-2-17-11-13-19(14-12-17)24(27)26-16-15-18-7-3-4-8-20(18)23(26)21-9-5-6-10-22(21)25/h3-14,23H,2,15-16H2,1H3. The number of carbonyl (C=O) groups is 1. The van der Waals surface area contributed by atoms with Gasteiger partial charge in [-0.25, -0.2) is 4.39 Å². The van der Waals surface area contributed by atoms with E-state index in [4.69, 9.17) is 0 Å². The average molecular weight is 359 g/mol. The Morgan fingerprint density at radius 2 is 1.63 bits per heavy atom. The van der Waals surface area contributed by atoms with Crippen molar-refractivity contribution in [2.75, 3.05) is 6.54 Å². The summed E-state index contributed by atoms with van der Waals surface area (Å²) in [7, 11) is 0. The predicted molar refractivity (Wildman–Crippen MR) is 105 cm³/mol. The fourth-order valence-electron chi connectivity index (χ4n) is 3.87. The van der Waals surface area contributed by atoms with Crippen molar-refractivity contribution in [3.8, 4) is 0 Å². The van der Waals surface area contributed by atoms with Crippen LogP contribution in [0.5, 0.6) is 0 Å². The molecule has 1 amide bonds. The first-order valence-electron chi connectivity index (χ1n) is 9.41. The minimum absolute atomic E-state index is 0.0552. The molecule has 4 rings (SSSR count). The highest BCUT2D eigenvalue weighted by molar-refractivity contribution is 5.95. The molecule has 2 nitrogen and oxygen atoms in total. The molecule has 0 saturated carbocycles. The molecule has 1 heterocycles. The van der Waals surface area contributed by atoms with Crippen molar-refractivity contribution in [3.63, 3.8) is 0 Å². The molecule has 1 aliphatic rings. The van der Waals surface area contributed by atoms with Crippen molar-refractivity contribution in [3.05, 3.63) is 106 Å². The van der Waals surface area contributed by atoms with E-state index in [1.165, 1.54) is 17.2 Å². The van der Waals surface area contributed by atoms with Crippen LogP contribution >= 0.6 is 0 Å². The van der Waals surface area contributed by atoms with E-state index in [1.807, 2.05) is 53.4 Å². The van der Waals surface area contributed by atoms with Crippen LogP contribution in [0, 0.1) is 5.82 Å². The lowest BCUT2D eigenvalue weighted by molar-refractivity contribution is 0.0692. The number of aryl methyl sites for hydroxylation is 1. The quantitative estimate of drug-likeness (QED) is 0.631. The zero-order chi connectivity index (χ0) is 18.8. The van der Waals surface area contributed by atoms with Crippen LogP contribution in [0.1, 0.15) is 45.6 Å². The monoisotopic (exact) mass is 359 g/mol. The van der Waals surface area contributed by atoms with E-state index in [0.29, 0.717) is 17.7 Å². The van der Waals surface area contributed by atoms with E-state index < -0.39 is 6.04 Å². The second-order valence-corrected chi connectivity index (χ2v) is 6.92. The molecule has 0 aromatic heterocycles. The minimum atomic E-state index is -0.408. The van der Waals surface area contributed by atoms with Gasteiger partial charge in [0.1, 0.15) is 5.82 Å². The van der Waals surface area contributed by atoms with Crippen molar-refractivity contribution in [1.29, 1.82) is 0 Å². The van der Waals surface area contributed by atoms with Crippen molar-refractivity contribution < 1.29 is 9.18 Å². The van der Waals surface area contributed by atoms with Gasteiger partial charge in [0.25, 0.3) is 5.91 Å². The SMILES string of the molecule is CCc1ccc(C(=O)N2CCc3ccccc3C2c2ccccc2F)cc1. The van der Waals surface area contributed by atoms with Crippen molar-refractivity contribution in [1.82, 2.24) is 4.90 Å². The maximum Gasteiger partial charge on any atom is 0.254 e. The van der Waals surface area contributed by atoms with Gasteiger partial charge in [-0.05, 0) is 47.7 Å². The number of carbonyl (C=O) groups excluding carboxylic acids is 1. The smallest absolute Gasteiger partial charge is 0.254 e. The van der Waals surface area contributed by atoms with Gasteiger partial charge in [-0.1, -0.05) is 61.5 Å². The lowest BCUT2D eigenvalue weighted by Crippen LogP contribution is -2.41. The third-order valence-electron chi connectivity index (χ3n) is 5.35. The van der Waals surface area contributed by atoms with Gasteiger partial charge < -0.3 is 4.90 Å². The van der Waals surface area contributed by atoms with Gasteiger partial charge in [-0.15, -0.1) is 0 Å². The Kier molecular flexibility index (Phi) is 4.76. The van der Waals surface area contributed by atoms with Crippen LogP contribution in [0.3, 0.4) is 0 Å². The topological polar surface area (TPSA) is 20.3 Å². The molecule has 0 spiro atoms. The van der Waals surface area contributed by atoms with Gasteiger partial charge in [-0.2, -0.15) is 0 Å². The Labute approximate surface area is 159 Å². The third-order valence-corrected chi connectivity index (χ3v) is 5.35. The van der Waals surface area contributed by atoms with E-state index in [9.17, 15) is 9.18 Å². The summed E-state index contributed by atoms with van der Waals surface area (Å²) in [6, 6.07) is 22.1. The molecule has 3 heteroatoms. The molecular weight excluding hydrogens is 337 g/mol. The molecule has 0 bridgehead atoms. The number of fused-ring (bicyclic) bond motifs is 1. The summed E-state index contributed by atoms with van der Waals surface area (Å²) in [5.41, 5.74) is 4.57. The second kappa shape index (κ2) is 7.36. The first-order valence-corrected chi connectivity index (χ1v) is 9.41. The summed E-state index contributed by atoms with van der Waals surface area (Å²) < 4.78 is 14.7. The zero-order valence-electron chi connectivity index (χ0n) is 15.4. The Morgan fingerprint density at radius 3 is 2.33 bits per heavy atom. The normalized spacial score (nSPS) is 16.1. The van der Waals surface area contributed by atoms with Crippen LogP contribution in [-0.2, 0) is 12.8 Å². The fourth-order valence-corrected chi connectivity index (χ4v) is 3.87. The molecule has 1 aliphatic heterocycles. The molecule has 0 aliphatic carbocycles. The molecule has 0 radical (unpaired) electrons. The molecule has 27 heavy (non-hydrogen) atoms. The summed E-state index contributed by atoms with van der Waals surface area (Å²) in [5, 5.41) is 0. The van der Waals surface area contributed by atoms with Gasteiger partial charge in [-0.3, -0.25) is 4.79 Å². The average Bonchev–Trinajstić information content (AvgIpc) is 2.73. The Morgan fingerprint density at radius 1 is 0.963 bits per heavy atom. The highest BCUT2D eigenvalue weighted by Crippen LogP contribution is 2.37. The molecule has 136 valence electrons. The predicted octanol–water partition coefficient (Wildman–Crippen LogP) is 5.18. The van der Waals surface area contributed by atoms with Crippen molar-refractivity contribution in [2.24, 2.45) is 0 Å². The number of amides is 1. The molecule has 3 aromatic rings. The summed E-state index contributed by atoms with van der Waals surface area (Å²) in [6.07, 6.45) is 1.71. The Hall–Kier alpha value is -2.94. The van der Waals surface area contributed by atoms with Crippen LogP contribution in [0.2, 0.25) is 0 Å². The largest absolute Gasteiger partial charge is 0.327 e. The van der Waals surface area contributed by atoms with Gasteiger partial charge >= 0.3 is 0 Å². The van der Waals surface area contributed by atoms with Crippen LogP contribution in [0.4, 0.5) is 4.39 Å². The molecule has 0 fully saturated rings. The number of nitrogens with zero attached hydrogens (tertiary/aromatic N) is 1. The molecular formula is C24H22FNO. The number of hydrogen-bond acceptors (Lipinski definition) is 1. The van der Waals surface area contributed by atoms with E-state index in [1.54, 1.807) is 12.1 Å². The van der Waals surface area contributed by atoms with E-state index in [0.717, 1.165) is 18.4 Å². The van der Waals surface area contributed by atoms with Crippen LogP contribution in [-0.4, -0.2) is 17.4 Å². The molecule has 1 unspecified atom stereocenters. The van der Waals surface area contributed by atoms with Gasteiger partial charge in [0.05, 0.1) is 6.04 Å². The molecule has 1 atom stereocenters. The van der Waals surface area contributed by atoms with Gasteiger partial charge in [0, 0.05) is 17.7 Å². The highest BCUT2D eigenvalue weighted by Gasteiger charge is 2.33. The minimum Gasteiger partial charge on any atom is -0.327 e. The molecule has 0 saturated heterocycles. The van der Waals surface area contributed by atoms with E-state index in [-0.39, 0.29) is 11.7 Å². The van der Waals surface area contributed by atoms with Gasteiger partial charge in [0.2, 0.25) is 0 Å². The second-order valence-electron chi connectivity index (χ2n) is 6.92. The van der Waals surface area contributed by atoms with Gasteiger partial charge in [0.15, 0.2) is 0 Å². The summed E-state index contributed by atoms with van der Waals surface area (Å²) in [5.74, 6) is -0.334. The summed E-state index contributed by atoms with van der Waals surface area (Å²) in [6.45, 7) is 2.66. The fraction of sp³-hybridized carbons (Fsp3) is 0.208. The third kappa shape index (κ3) is 3.25. The van der Waals surface area contributed by atoms with E-state index >= 15 is 0 Å².